The van der Waals surface area contributed by atoms with Crippen molar-refractivity contribution in [3.05, 3.63) is 71.9 Å². The molecule has 0 aliphatic heterocycles. The van der Waals surface area contributed by atoms with Crippen LogP contribution in [0.15, 0.2) is 60.8 Å². The molecule has 0 N–H and O–H groups in total. The molecule has 3 heteroatoms. The summed E-state index contributed by atoms with van der Waals surface area (Å²) < 4.78 is 3.93. The van der Waals surface area contributed by atoms with E-state index in [0.717, 1.165) is 12.2 Å². The number of nitrogens with zero attached hydrogens (tertiary/aromatic N) is 3. The summed E-state index contributed by atoms with van der Waals surface area (Å²) in [6, 6.07) is 19.2. The van der Waals surface area contributed by atoms with E-state index in [1.54, 1.807) is 0 Å². The summed E-state index contributed by atoms with van der Waals surface area (Å²) in [6.07, 6.45) is 2.11. The van der Waals surface area contributed by atoms with Crippen LogP contribution in [0, 0.1) is 0 Å². The molecule has 0 unspecified atom stereocenters. The van der Waals surface area contributed by atoms with Crippen LogP contribution in [0.3, 0.4) is 0 Å². The molecule has 3 nitrogen and oxygen atoms in total. The van der Waals surface area contributed by atoms with Gasteiger partial charge in [-0.05, 0) is 16.5 Å². The average Bonchev–Trinajstić information content (AvgIpc) is 2.88. The minimum absolute atomic E-state index is 0.179. The molecule has 0 atom stereocenters. The van der Waals surface area contributed by atoms with Crippen molar-refractivity contribution in [2.24, 2.45) is 7.05 Å². The maximum atomic E-state index is 4.59. The molecule has 0 radical (unpaired) electrons. The minimum Gasteiger partial charge on any atom is -0.133 e. The molecule has 0 fully saturated rings. The Morgan fingerprint density at radius 2 is 1.61 bits per heavy atom. The maximum absolute atomic E-state index is 4.59. The zero-order valence-corrected chi connectivity index (χ0v) is 14.3. The van der Waals surface area contributed by atoms with Gasteiger partial charge in [-0.1, -0.05) is 75.4 Å². The van der Waals surface area contributed by atoms with Gasteiger partial charge in [0.2, 0.25) is 0 Å². The molecule has 3 rings (SSSR count). The van der Waals surface area contributed by atoms with Gasteiger partial charge in [0.05, 0.1) is 5.21 Å². The highest BCUT2D eigenvalue weighted by molar-refractivity contribution is 5.58. The Balaban J connectivity index is 1.86. The number of hydrogen-bond acceptors (Lipinski definition) is 1. The SMILES string of the molecule is Cn1n[n+](Cc2ccccc2)cc1-c1ccc(C(C)(C)C)cc1. The van der Waals surface area contributed by atoms with Crippen molar-refractivity contribution in [3.63, 3.8) is 0 Å². The van der Waals surface area contributed by atoms with Crippen molar-refractivity contribution in [2.75, 3.05) is 0 Å². The topological polar surface area (TPSA) is 21.7 Å². The average molecular weight is 306 g/mol. The predicted molar refractivity (Wildman–Crippen MR) is 93.1 cm³/mol. The van der Waals surface area contributed by atoms with E-state index in [9.17, 15) is 0 Å². The van der Waals surface area contributed by atoms with Gasteiger partial charge in [0.25, 0.3) is 0 Å². The zero-order valence-electron chi connectivity index (χ0n) is 14.3. The second-order valence-electron chi connectivity index (χ2n) is 7.04. The van der Waals surface area contributed by atoms with Gasteiger partial charge >= 0.3 is 0 Å². The third-order valence-electron chi connectivity index (χ3n) is 4.10. The fraction of sp³-hybridized carbons (Fsp3) is 0.300. The molecule has 0 saturated carbocycles. The van der Waals surface area contributed by atoms with Gasteiger partial charge in [-0.3, -0.25) is 0 Å². The molecule has 0 spiro atoms. The van der Waals surface area contributed by atoms with E-state index in [0.29, 0.717) is 0 Å². The molecule has 1 heterocycles. The van der Waals surface area contributed by atoms with Gasteiger partial charge in [-0.2, -0.15) is 0 Å². The minimum atomic E-state index is 0.179. The zero-order chi connectivity index (χ0) is 16.4. The lowest BCUT2D eigenvalue weighted by Crippen LogP contribution is -2.36. The molecular weight excluding hydrogens is 282 g/mol. The molecular formula is C20H24N3+. The van der Waals surface area contributed by atoms with Crippen LogP contribution in [-0.2, 0) is 19.0 Å². The maximum Gasteiger partial charge on any atom is 0.197 e. The highest BCUT2D eigenvalue weighted by Gasteiger charge is 2.17. The van der Waals surface area contributed by atoms with E-state index in [4.69, 9.17) is 0 Å². The molecule has 2 aromatic carbocycles. The van der Waals surface area contributed by atoms with Crippen molar-refractivity contribution in [3.8, 4) is 11.3 Å². The Kier molecular flexibility index (Phi) is 4.03. The number of hydrogen-bond donors (Lipinski definition) is 0. The summed E-state index contributed by atoms with van der Waals surface area (Å²) in [6.45, 7) is 7.49. The molecule has 118 valence electrons. The molecule has 0 aliphatic rings. The summed E-state index contributed by atoms with van der Waals surface area (Å²) in [5, 5.41) is 4.59. The summed E-state index contributed by atoms with van der Waals surface area (Å²) in [5.41, 5.74) is 5.10. The Morgan fingerprint density at radius 3 is 2.22 bits per heavy atom. The first-order chi connectivity index (χ1) is 10.9. The van der Waals surface area contributed by atoms with Gasteiger partial charge in [0.1, 0.15) is 13.6 Å². The lowest BCUT2D eigenvalue weighted by Gasteiger charge is -2.18. The van der Waals surface area contributed by atoms with Gasteiger partial charge in [-0.15, -0.1) is 9.36 Å². The first-order valence-electron chi connectivity index (χ1n) is 8.02. The lowest BCUT2D eigenvalue weighted by molar-refractivity contribution is -0.747. The summed E-state index contributed by atoms with van der Waals surface area (Å²) >= 11 is 0. The van der Waals surface area contributed by atoms with Crippen LogP contribution in [0.5, 0.6) is 0 Å². The van der Waals surface area contributed by atoms with E-state index in [2.05, 4.69) is 80.7 Å². The monoisotopic (exact) mass is 306 g/mol. The van der Waals surface area contributed by atoms with Crippen molar-refractivity contribution < 1.29 is 4.68 Å². The Bertz CT molecular complexity index is 778. The highest BCUT2D eigenvalue weighted by Crippen LogP contribution is 2.25. The van der Waals surface area contributed by atoms with Crippen LogP contribution in [0.25, 0.3) is 11.3 Å². The summed E-state index contributed by atoms with van der Waals surface area (Å²) in [4.78, 5) is 0. The molecule has 0 amide bonds. The smallest absolute Gasteiger partial charge is 0.133 e. The molecule has 1 aromatic heterocycles. The number of aromatic nitrogens is 3. The molecule has 23 heavy (non-hydrogen) atoms. The van der Waals surface area contributed by atoms with Crippen LogP contribution >= 0.6 is 0 Å². The standard InChI is InChI=1S/C20H24N3/c1-20(2,3)18-12-10-17(11-13-18)19-15-23(21-22(19)4)14-16-8-6-5-7-9-16/h5-13,15H,14H2,1-4H3/q+1. The molecule has 0 saturated heterocycles. The normalized spacial score (nSPS) is 11.7. The van der Waals surface area contributed by atoms with E-state index in [1.807, 2.05) is 22.5 Å². The van der Waals surface area contributed by atoms with Crippen molar-refractivity contribution in [2.45, 2.75) is 32.7 Å². The lowest BCUT2D eigenvalue weighted by atomic mass is 9.86. The molecule has 0 aliphatic carbocycles. The second kappa shape index (κ2) is 5.99. The first-order valence-corrected chi connectivity index (χ1v) is 8.02. The van der Waals surface area contributed by atoms with E-state index >= 15 is 0 Å². The summed E-state index contributed by atoms with van der Waals surface area (Å²) in [5.74, 6) is 0. The largest absolute Gasteiger partial charge is 0.197 e. The van der Waals surface area contributed by atoms with Gasteiger partial charge in [0.15, 0.2) is 11.9 Å². The van der Waals surface area contributed by atoms with Crippen molar-refractivity contribution in [1.29, 1.82) is 0 Å². The van der Waals surface area contributed by atoms with Gasteiger partial charge < -0.3 is 0 Å². The molecule has 3 aromatic rings. The number of aryl methyl sites for hydroxylation is 1. The Morgan fingerprint density at radius 1 is 0.957 bits per heavy atom. The third-order valence-corrected chi connectivity index (χ3v) is 4.10. The Labute approximate surface area is 138 Å². The van der Waals surface area contributed by atoms with Crippen LogP contribution in [0.1, 0.15) is 31.9 Å². The fourth-order valence-corrected chi connectivity index (χ4v) is 2.72. The van der Waals surface area contributed by atoms with Crippen molar-refractivity contribution in [1.82, 2.24) is 9.90 Å². The predicted octanol–water partition coefficient (Wildman–Crippen LogP) is 3.72. The second-order valence-corrected chi connectivity index (χ2v) is 7.04. The number of benzene rings is 2. The van der Waals surface area contributed by atoms with Crippen LogP contribution in [0.4, 0.5) is 0 Å². The van der Waals surface area contributed by atoms with Gasteiger partial charge in [0, 0.05) is 5.56 Å². The van der Waals surface area contributed by atoms with Crippen LogP contribution in [-0.4, -0.2) is 9.90 Å². The van der Waals surface area contributed by atoms with E-state index < -0.39 is 0 Å². The van der Waals surface area contributed by atoms with E-state index in [-0.39, 0.29) is 5.41 Å². The highest BCUT2D eigenvalue weighted by atomic mass is 15.5. The first kappa shape index (κ1) is 15.5. The van der Waals surface area contributed by atoms with Crippen LogP contribution < -0.4 is 4.68 Å². The third kappa shape index (κ3) is 3.50. The van der Waals surface area contributed by atoms with Crippen molar-refractivity contribution >= 4 is 0 Å². The fourth-order valence-electron chi connectivity index (χ4n) is 2.72. The summed E-state index contributed by atoms with van der Waals surface area (Å²) in [7, 11) is 1.99. The molecule has 0 bridgehead atoms. The van der Waals surface area contributed by atoms with Gasteiger partial charge in [-0.25, -0.2) is 0 Å². The Hall–Kier alpha value is -2.42. The van der Waals surface area contributed by atoms with Crippen LogP contribution in [0.2, 0.25) is 0 Å². The quantitative estimate of drug-likeness (QED) is 0.676. The van der Waals surface area contributed by atoms with E-state index in [1.165, 1.54) is 16.7 Å². The number of rotatable bonds is 3.